The molecule has 21 heavy (non-hydrogen) atoms. The second kappa shape index (κ2) is 5.19. The summed E-state index contributed by atoms with van der Waals surface area (Å²) in [6.07, 6.45) is 5.55. The van der Waals surface area contributed by atoms with Gasteiger partial charge in [0.05, 0.1) is 11.6 Å². The zero-order valence-electron chi connectivity index (χ0n) is 12.2. The van der Waals surface area contributed by atoms with Gasteiger partial charge in [-0.05, 0) is 30.5 Å². The van der Waals surface area contributed by atoms with Gasteiger partial charge >= 0.3 is 0 Å². The molecule has 0 unspecified atom stereocenters. The number of aryl methyl sites for hydroxylation is 1. The number of aromatic nitrogens is 2. The average molecular weight is 304 g/mol. The van der Waals surface area contributed by atoms with Crippen LogP contribution in [-0.2, 0) is 23.8 Å². The Hall–Kier alpha value is -1.81. The van der Waals surface area contributed by atoms with E-state index in [1.165, 1.54) is 0 Å². The topological polar surface area (TPSA) is 38.1 Å². The Balaban J connectivity index is 1.76. The highest BCUT2D eigenvalue weighted by Gasteiger charge is 2.52. The summed E-state index contributed by atoms with van der Waals surface area (Å²) in [7, 11) is 3.73. The number of rotatable bonds is 4. The van der Waals surface area contributed by atoms with Crippen molar-refractivity contribution >= 4 is 17.5 Å². The Morgan fingerprint density at radius 1 is 1.38 bits per heavy atom. The van der Waals surface area contributed by atoms with Gasteiger partial charge in [0.25, 0.3) is 0 Å². The van der Waals surface area contributed by atoms with E-state index in [4.69, 9.17) is 11.6 Å². The van der Waals surface area contributed by atoms with Gasteiger partial charge in [-0.3, -0.25) is 9.48 Å². The fraction of sp³-hybridized carbons (Fsp3) is 0.375. The Morgan fingerprint density at radius 2 is 2.05 bits per heavy atom. The lowest BCUT2D eigenvalue weighted by Crippen LogP contribution is -2.36. The molecule has 1 aromatic heterocycles. The van der Waals surface area contributed by atoms with Crippen molar-refractivity contribution in [1.29, 1.82) is 0 Å². The standard InChI is InChI=1S/C16H18ClN3O/c1-19(10-12-9-18-20(2)11-12)15(21)16(7-8-16)13-3-5-14(17)6-4-13/h3-6,9,11H,7-8,10H2,1-2H3. The smallest absolute Gasteiger partial charge is 0.233 e. The molecule has 1 aliphatic carbocycles. The highest BCUT2D eigenvalue weighted by molar-refractivity contribution is 6.30. The van der Waals surface area contributed by atoms with Crippen molar-refractivity contribution in [2.24, 2.45) is 7.05 Å². The van der Waals surface area contributed by atoms with Gasteiger partial charge in [-0.15, -0.1) is 0 Å². The minimum absolute atomic E-state index is 0.175. The number of halogens is 1. The molecule has 1 fully saturated rings. The molecule has 0 radical (unpaired) electrons. The molecule has 1 aromatic carbocycles. The van der Waals surface area contributed by atoms with E-state index in [1.807, 2.05) is 44.6 Å². The Kier molecular flexibility index (Phi) is 3.49. The lowest BCUT2D eigenvalue weighted by atomic mass is 9.94. The molecule has 0 spiro atoms. The minimum Gasteiger partial charge on any atom is -0.341 e. The summed E-state index contributed by atoms with van der Waals surface area (Å²) in [4.78, 5) is 14.6. The van der Waals surface area contributed by atoms with E-state index in [1.54, 1.807) is 15.8 Å². The van der Waals surface area contributed by atoms with Crippen LogP contribution in [0.15, 0.2) is 36.7 Å². The first-order valence-electron chi connectivity index (χ1n) is 7.00. The molecule has 0 atom stereocenters. The lowest BCUT2D eigenvalue weighted by Gasteiger charge is -2.23. The van der Waals surface area contributed by atoms with Crippen molar-refractivity contribution in [3.05, 3.63) is 52.8 Å². The number of carbonyl (C=O) groups excluding carboxylic acids is 1. The SMILES string of the molecule is CN(Cc1cnn(C)c1)C(=O)C1(c2ccc(Cl)cc2)CC1. The second-order valence-corrected chi connectivity index (χ2v) is 6.21. The van der Waals surface area contributed by atoms with Gasteiger partial charge in [0.2, 0.25) is 5.91 Å². The highest BCUT2D eigenvalue weighted by atomic mass is 35.5. The van der Waals surface area contributed by atoms with Crippen LogP contribution >= 0.6 is 11.6 Å². The molecular formula is C16H18ClN3O. The first kappa shape index (κ1) is 14.1. The summed E-state index contributed by atoms with van der Waals surface area (Å²) in [6.45, 7) is 0.585. The third kappa shape index (κ3) is 2.68. The molecule has 1 heterocycles. The van der Waals surface area contributed by atoms with E-state index in [0.717, 1.165) is 24.0 Å². The molecular weight excluding hydrogens is 286 g/mol. The van der Waals surface area contributed by atoms with Crippen LogP contribution in [0.25, 0.3) is 0 Å². The van der Waals surface area contributed by atoms with Crippen molar-refractivity contribution < 1.29 is 4.79 Å². The average Bonchev–Trinajstić information content (AvgIpc) is 3.17. The highest BCUT2D eigenvalue weighted by Crippen LogP contribution is 2.49. The molecule has 5 heteroatoms. The number of benzene rings is 1. The predicted molar refractivity (Wildman–Crippen MR) is 82.0 cm³/mol. The maximum Gasteiger partial charge on any atom is 0.233 e. The molecule has 2 aromatic rings. The lowest BCUT2D eigenvalue weighted by molar-refractivity contribution is -0.133. The zero-order valence-corrected chi connectivity index (χ0v) is 13.0. The zero-order chi connectivity index (χ0) is 15.0. The van der Waals surface area contributed by atoms with Crippen LogP contribution in [0.3, 0.4) is 0 Å². The number of amides is 1. The van der Waals surface area contributed by atoms with Crippen LogP contribution < -0.4 is 0 Å². The monoisotopic (exact) mass is 303 g/mol. The second-order valence-electron chi connectivity index (χ2n) is 5.77. The fourth-order valence-corrected chi connectivity index (χ4v) is 2.91. The summed E-state index contributed by atoms with van der Waals surface area (Å²) < 4.78 is 1.75. The molecule has 110 valence electrons. The summed E-state index contributed by atoms with van der Waals surface area (Å²) in [5.41, 5.74) is 1.76. The first-order valence-corrected chi connectivity index (χ1v) is 7.38. The van der Waals surface area contributed by atoms with Crippen molar-refractivity contribution in [3.63, 3.8) is 0 Å². The molecule has 0 bridgehead atoms. The van der Waals surface area contributed by atoms with Gasteiger partial charge < -0.3 is 4.90 Å². The molecule has 3 rings (SSSR count). The number of likely N-dealkylation sites (N-methyl/N-ethyl adjacent to an activating group) is 1. The minimum atomic E-state index is -0.346. The van der Waals surface area contributed by atoms with Gasteiger partial charge in [-0.2, -0.15) is 5.10 Å². The molecule has 1 amide bonds. The van der Waals surface area contributed by atoms with Gasteiger partial charge in [-0.25, -0.2) is 0 Å². The molecule has 0 aliphatic heterocycles. The maximum atomic E-state index is 12.8. The van der Waals surface area contributed by atoms with Crippen molar-refractivity contribution in [3.8, 4) is 0 Å². The largest absolute Gasteiger partial charge is 0.341 e. The molecule has 1 saturated carbocycles. The van der Waals surface area contributed by atoms with Gasteiger partial charge in [0.15, 0.2) is 0 Å². The third-order valence-corrected chi connectivity index (χ3v) is 4.33. The third-order valence-electron chi connectivity index (χ3n) is 4.08. The van der Waals surface area contributed by atoms with Crippen LogP contribution in [0, 0.1) is 0 Å². The first-order chi connectivity index (χ1) is 10.0. The summed E-state index contributed by atoms with van der Waals surface area (Å²) in [5.74, 6) is 0.175. The predicted octanol–water partition coefficient (Wildman–Crippen LogP) is 2.76. The van der Waals surface area contributed by atoms with Gasteiger partial charge in [0, 0.05) is 37.4 Å². The van der Waals surface area contributed by atoms with E-state index in [0.29, 0.717) is 11.6 Å². The molecule has 0 N–H and O–H groups in total. The van der Waals surface area contributed by atoms with E-state index < -0.39 is 0 Å². The Labute approximate surface area is 129 Å². The number of hydrogen-bond acceptors (Lipinski definition) is 2. The van der Waals surface area contributed by atoms with Gasteiger partial charge in [0.1, 0.15) is 0 Å². The molecule has 1 aliphatic rings. The van der Waals surface area contributed by atoms with Crippen molar-refractivity contribution in [2.75, 3.05) is 7.05 Å². The van der Waals surface area contributed by atoms with Crippen LogP contribution in [-0.4, -0.2) is 27.6 Å². The van der Waals surface area contributed by atoms with Crippen LogP contribution in [0.5, 0.6) is 0 Å². The number of nitrogens with zero attached hydrogens (tertiary/aromatic N) is 3. The van der Waals surface area contributed by atoms with Crippen LogP contribution in [0.1, 0.15) is 24.0 Å². The summed E-state index contributed by atoms with van der Waals surface area (Å²) in [6, 6.07) is 7.63. The number of hydrogen-bond donors (Lipinski definition) is 0. The van der Waals surface area contributed by atoms with Crippen LogP contribution in [0.2, 0.25) is 5.02 Å². The van der Waals surface area contributed by atoms with E-state index >= 15 is 0 Å². The molecule has 0 saturated heterocycles. The Morgan fingerprint density at radius 3 is 2.57 bits per heavy atom. The van der Waals surface area contributed by atoms with E-state index in [9.17, 15) is 4.79 Å². The molecule has 4 nitrogen and oxygen atoms in total. The quantitative estimate of drug-likeness (QED) is 0.871. The van der Waals surface area contributed by atoms with E-state index in [2.05, 4.69) is 5.10 Å². The van der Waals surface area contributed by atoms with Crippen molar-refractivity contribution in [1.82, 2.24) is 14.7 Å². The fourth-order valence-electron chi connectivity index (χ4n) is 2.78. The summed E-state index contributed by atoms with van der Waals surface area (Å²) >= 11 is 5.93. The summed E-state index contributed by atoms with van der Waals surface area (Å²) in [5, 5.41) is 4.84. The number of carbonyl (C=O) groups is 1. The van der Waals surface area contributed by atoms with Gasteiger partial charge in [-0.1, -0.05) is 23.7 Å². The van der Waals surface area contributed by atoms with Crippen molar-refractivity contribution in [2.45, 2.75) is 24.8 Å². The Bertz CT molecular complexity index is 658. The normalized spacial score (nSPS) is 15.8. The van der Waals surface area contributed by atoms with Crippen LogP contribution in [0.4, 0.5) is 0 Å². The maximum absolute atomic E-state index is 12.8. The van der Waals surface area contributed by atoms with E-state index in [-0.39, 0.29) is 11.3 Å².